The molecule has 3 rings (SSSR count). The highest BCUT2D eigenvalue weighted by Crippen LogP contribution is 2.34. The Morgan fingerprint density at radius 2 is 1.70 bits per heavy atom. The van der Waals surface area contributed by atoms with E-state index in [1.807, 2.05) is 43.3 Å². The standard InChI is InChI=1S/C16H10Cl2OS/c1-9-6-7-12(11-5-3-2-4-10(9)11)15(19)13-8-14(17)20-16(13)18/h2-8H,1H3. The summed E-state index contributed by atoms with van der Waals surface area (Å²) in [6, 6.07) is 13.3. The highest BCUT2D eigenvalue weighted by molar-refractivity contribution is 7.20. The van der Waals surface area contributed by atoms with Crippen LogP contribution in [0.3, 0.4) is 0 Å². The first kappa shape index (κ1) is 13.6. The third kappa shape index (κ3) is 2.24. The normalized spacial score (nSPS) is 10.9. The van der Waals surface area contributed by atoms with E-state index in [1.165, 1.54) is 11.3 Å². The minimum absolute atomic E-state index is 0.0886. The molecule has 0 aliphatic rings. The summed E-state index contributed by atoms with van der Waals surface area (Å²) in [7, 11) is 0. The van der Waals surface area contributed by atoms with Crippen LogP contribution in [0.1, 0.15) is 21.5 Å². The van der Waals surface area contributed by atoms with E-state index >= 15 is 0 Å². The SMILES string of the molecule is Cc1ccc(C(=O)c2cc(Cl)sc2Cl)c2ccccc12. The van der Waals surface area contributed by atoms with Gasteiger partial charge in [0.15, 0.2) is 5.78 Å². The van der Waals surface area contributed by atoms with Gasteiger partial charge in [-0.1, -0.05) is 59.6 Å². The van der Waals surface area contributed by atoms with E-state index < -0.39 is 0 Å². The maximum absolute atomic E-state index is 12.7. The average Bonchev–Trinajstić information content (AvgIpc) is 2.78. The van der Waals surface area contributed by atoms with Crippen LogP contribution in [0.4, 0.5) is 0 Å². The predicted octanol–water partition coefficient (Wildman–Crippen LogP) is 5.75. The number of halogens is 2. The molecule has 0 saturated heterocycles. The predicted molar refractivity (Wildman–Crippen MR) is 86.5 cm³/mol. The molecule has 4 heteroatoms. The van der Waals surface area contributed by atoms with Crippen LogP contribution in [0, 0.1) is 6.92 Å². The fourth-order valence-electron chi connectivity index (χ4n) is 2.29. The lowest BCUT2D eigenvalue weighted by atomic mass is 9.96. The molecular formula is C16H10Cl2OS. The number of carbonyl (C=O) groups excluding carboxylic acids is 1. The van der Waals surface area contributed by atoms with Crippen molar-refractivity contribution in [3.63, 3.8) is 0 Å². The summed E-state index contributed by atoms with van der Waals surface area (Å²) < 4.78 is 0.958. The van der Waals surface area contributed by atoms with Gasteiger partial charge in [0.1, 0.15) is 4.34 Å². The number of fused-ring (bicyclic) bond motifs is 1. The maximum Gasteiger partial charge on any atom is 0.196 e. The third-order valence-electron chi connectivity index (χ3n) is 3.29. The van der Waals surface area contributed by atoms with E-state index in [0.717, 1.165) is 16.3 Å². The number of rotatable bonds is 2. The van der Waals surface area contributed by atoms with Gasteiger partial charge >= 0.3 is 0 Å². The van der Waals surface area contributed by atoms with Crippen LogP contribution in [0.5, 0.6) is 0 Å². The van der Waals surface area contributed by atoms with Gasteiger partial charge in [-0.15, -0.1) is 11.3 Å². The molecule has 0 atom stereocenters. The lowest BCUT2D eigenvalue weighted by Gasteiger charge is -2.07. The molecule has 0 amide bonds. The Kier molecular flexibility index (Phi) is 3.55. The van der Waals surface area contributed by atoms with E-state index in [-0.39, 0.29) is 5.78 Å². The first-order valence-corrected chi connectivity index (χ1v) is 7.63. The zero-order valence-electron chi connectivity index (χ0n) is 10.6. The number of carbonyl (C=O) groups is 1. The minimum atomic E-state index is -0.0886. The smallest absolute Gasteiger partial charge is 0.196 e. The van der Waals surface area contributed by atoms with Gasteiger partial charge in [0, 0.05) is 5.56 Å². The maximum atomic E-state index is 12.7. The van der Waals surface area contributed by atoms with E-state index in [0.29, 0.717) is 19.8 Å². The number of hydrogen-bond donors (Lipinski definition) is 0. The molecule has 1 heterocycles. The molecule has 100 valence electrons. The van der Waals surface area contributed by atoms with Gasteiger partial charge in [0.25, 0.3) is 0 Å². The van der Waals surface area contributed by atoms with Gasteiger partial charge in [-0.2, -0.15) is 0 Å². The second-order valence-electron chi connectivity index (χ2n) is 4.54. The number of aryl methyl sites for hydroxylation is 1. The summed E-state index contributed by atoms with van der Waals surface area (Å²) in [6.07, 6.45) is 0. The highest BCUT2D eigenvalue weighted by Gasteiger charge is 2.18. The Bertz CT molecular complexity index is 820. The molecule has 1 aromatic heterocycles. The molecule has 0 aliphatic carbocycles. The van der Waals surface area contributed by atoms with Crippen molar-refractivity contribution in [2.75, 3.05) is 0 Å². The first-order chi connectivity index (χ1) is 9.58. The number of benzene rings is 2. The van der Waals surface area contributed by atoms with E-state index in [4.69, 9.17) is 23.2 Å². The van der Waals surface area contributed by atoms with Crippen molar-refractivity contribution in [3.8, 4) is 0 Å². The number of hydrogen-bond acceptors (Lipinski definition) is 2. The fraction of sp³-hybridized carbons (Fsp3) is 0.0625. The quantitative estimate of drug-likeness (QED) is 0.549. The van der Waals surface area contributed by atoms with Crippen LogP contribution in [0.2, 0.25) is 8.67 Å². The van der Waals surface area contributed by atoms with Crippen molar-refractivity contribution in [3.05, 3.63) is 67.8 Å². The number of thiophene rings is 1. The fourth-order valence-corrected chi connectivity index (χ4v) is 3.75. The van der Waals surface area contributed by atoms with Crippen molar-refractivity contribution >= 4 is 51.1 Å². The summed E-state index contributed by atoms with van der Waals surface area (Å²) in [5.74, 6) is -0.0886. The average molecular weight is 321 g/mol. The molecule has 1 nitrogen and oxygen atoms in total. The second kappa shape index (κ2) is 5.21. The summed E-state index contributed by atoms with van der Waals surface area (Å²) in [5, 5.41) is 2.02. The molecule has 0 aliphatic heterocycles. The molecule has 3 aromatic rings. The van der Waals surface area contributed by atoms with Gasteiger partial charge < -0.3 is 0 Å². The van der Waals surface area contributed by atoms with E-state index in [2.05, 4.69) is 0 Å². The molecule has 0 N–H and O–H groups in total. The summed E-state index contributed by atoms with van der Waals surface area (Å²) in [4.78, 5) is 12.7. The Morgan fingerprint density at radius 1 is 1.00 bits per heavy atom. The molecule has 0 unspecified atom stereocenters. The van der Waals surface area contributed by atoms with Crippen molar-refractivity contribution < 1.29 is 4.79 Å². The Labute approximate surface area is 130 Å². The van der Waals surface area contributed by atoms with Crippen LogP contribution in [-0.2, 0) is 0 Å². The van der Waals surface area contributed by atoms with Crippen LogP contribution in [0.25, 0.3) is 10.8 Å². The third-order valence-corrected chi connectivity index (χ3v) is 4.78. The number of ketones is 1. The molecular weight excluding hydrogens is 311 g/mol. The van der Waals surface area contributed by atoms with Crippen LogP contribution in [-0.4, -0.2) is 5.78 Å². The van der Waals surface area contributed by atoms with Gasteiger partial charge in [-0.3, -0.25) is 4.79 Å². The summed E-state index contributed by atoms with van der Waals surface area (Å²) >= 11 is 13.2. The van der Waals surface area contributed by atoms with E-state index in [9.17, 15) is 4.79 Å². The van der Waals surface area contributed by atoms with Crippen LogP contribution in [0.15, 0.2) is 42.5 Å². The minimum Gasteiger partial charge on any atom is -0.288 e. The molecule has 0 radical (unpaired) electrons. The topological polar surface area (TPSA) is 17.1 Å². The molecule has 0 fully saturated rings. The molecule has 2 aromatic carbocycles. The lowest BCUT2D eigenvalue weighted by molar-refractivity contribution is 0.104. The first-order valence-electron chi connectivity index (χ1n) is 6.06. The van der Waals surface area contributed by atoms with Crippen molar-refractivity contribution in [2.45, 2.75) is 6.92 Å². The Hall–Kier alpha value is -1.35. The second-order valence-corrected chi connectivity index (χ2v) is 6.83. The molecule has 0 bridgehead atoms. The largest absolute Gasteiger partial charge is 0.288 e. The zero-order valence-corrected chi connectivity index (χ0v) is 12.9. The van der Waals surface area contributed by atoms with Gasteiger partial charge in [-0.05, 0) is 29.3 Å². The molecule has 20 heavy (non-hydrogen) atoms. The lowest BCUT2D eigenvalue weighted by Crippen LogP contribution is -2.01. The van der Waals surface area contributed by atoms with Crippen LogP contribution < -0.4 is 0 Å². The Morgan fingerprint density at radius 3 is 2.35 bits per heavy atom. The van der Waals surface area contributed by atoms with E-state index in [1.54, 1.807) is 6.07 Å². The molecule has 0 saturated carbocycles. The van der Waals surface area contributed by atoms with Gasteiger partial charge in [-0.25, -0.2) is 0 Å². The van der Waals surface area contributed by atoms with Gasteiger partial charge in [0.2, 0.25) is 0 Å². The Balaban J connectivity index is 2.23. The van der Waals surface area contributed by atoms with Crippen LogP contribution >= 0.6 is 34.5 Å². The van der Waals surface area contributed by atoms with Crippen molar-refractivity contribution in [2.24, 2.45) is 0 Å². The monoisotopic (exact) mass is 320 g/mol. The zero-order chi connectivity index (χ0) is 14.3. The van der Waals surface area contributed by atoms with Crippen molar-refractivity contribution in [1.82, 2.24) is 0 Å². The van der Waals surface area contributed by atoms with Gasteiger partial charge in [0.05, 0.1) is 9.90 Å². The molecule has 0 spiro atoms. The summed E-state index contributed by atoms with van der Waals surface area (Å²) in [6.45, 7) is 2.03. The summed E-state index contributed by atoms with van der Waals surface area (Å²) in [5.41, 5.74) is 2.27. The van der Waals surface area contributed by atoms with Crippen molar-refractivity contribution in [1.29, 1.82) is 0 Å². The highest BCUT2D eigenvalue weighted by atomic mass is 35.5.